The molecule has 4 nitrogen and oxygen atoms in total. The molecule has 17 heavy (non-hydrogen) atoms. The molecule has 0 aromatic carbocycles. The smallest absolute Gasteiger partial charge is 0.463 e. The van der Waals surface area contributed by atoms with Crippen LogP contribution in [0.3, 0.4) is 0 Å². The number of carbonyl (C=O) groups excluding carboxylic acids is 1. The maximum atomic E-state index is 12.4. The molecule has 0 aliphatic carbocycles. The van der Waals surface area contributed by atoms with Crippen molar-refractivity contribution in [3.05, 3.63) is 0 Å². The van der Waals surface area contributed by atoms with E-state index in [4.69, 9.17) is 5.11 Å². The van der Waals surface area contributed by atoms with Crippen molar-refractivity contribution in [3.8, 4) is 0 Å². The van der Waals surface area contributed by atoms with E-state index >= 15 is 0 Å². The fourth-order valence-electron chi connectivity index (χ4n) is 0.765. The van der Waals surface area contributed by atoms with Gasteiger partial charge in [-0.2, -0.15) is 22.0 Å². The number of alkyl halides is 5. The van der Waals surface area contributed by atoms with E-state index in [-0.39, 0.29) is 6.42 Å². The highest BCUT2D eigenvalue weighted by atomic mass is 19.4. The van der Waals surface area contributed by atoms with Crippen molar-refractivity contribution in [1.29, 1.82) is 0 Å². The minimum absolute atomic E-state index is 0.241. The molecule has 1 amide bonds. The summed E-state index contributed by atoms with van der Waals surface area (Å²) in [7, 11) is 0. The molecule has 0 saturated heterocycles. The van der Waals surface area contributed by atoms with Crippen LogP contribution in [0.4, 0.5) is 22.0 Å². The molecule has 1 atom stereocenters. The quantitative estimate of drug-likeness (QED) is 0.737. The van der Waals surface area contributed by atoms with Crippen molar-refractivity contribution in [3.63, 3.8) is 0 Å². The van der Waals surface area contributed by atoms with Gasteiger partial charge in [0.05, 0.1) is 5.92 Å². The molecule has 100 valence electrons. The van der Waals surface area contributed by atoms with Crippen LogP contribution in [0.1, 0.15) is 13.3 Å². The molecule has 9 heteroatoms. The van der Waals surface area contributed by atoms with Crippen molar-refractivity contribution >= 4 is 11.9 Å². The molecule has 2 N–H and O–H groups in total. The Morgan fingerprint density at radius 2 is 1.71 bits per heavy atom. The highest BCUT2D eigenvalue weighted by molar-refractivity contribution is 5.84. The molecule has 0 heterocycles. The summed E-state index contributed by atoms with van der Waals surface area (Å²) in [6.07, 6.45) is -6.20. The van der Waals surface area contributed by atoms with Gasteiger partial charge in [0.15, 0.2) is 0 Å². The summed E-state index contributed by atoms with van der Waals surface area (Å²) in [5, 5.41) is 9.74. The average molecular weight is 263 g/mol. The molecule has 1 unspecified atom stereocenters. The zero-order chi connectivity index (χ0) is 13.9. The number of hydrogen-bond donors (Lipinski definition) is 2. The van der Waals surface area contributed by atoms with Crippen LogP contribution in [0.25, 0.3) is 0 Å². The summed E-state index contributed by atoms with van der Waals surface area (Å²) in [6.45, 7) is 0.661. The first-order chi connectivity index (χ1) is 7.50. The Balaban J connectivity index is 4.25. The van der Waals surface area contributed by atoms with Crippen molar-refractivity contribution in [1.82, 2.24) is 5.32 Å². The first-order valence-electron chi connectivity index (χ1n) is 4.45. The van der Waals surface area contributed by atoms with Crippen LogP contribution in [0.15, 0.2) is 0 Å². The number of amides is 1. The number of halogens is 5. The van der Waals surface area contributed by atoms with Crippen LogP contribution in [0, 0.1) is 5.92 Å². The van der Waals surface area contributed by atoms with Gasteiger partial charge in [0.2, 0.25) is 0 Å². The molecule has 0 aliphatic heterocycles. The molecule has 0 spiro atoms. The van der Waals surface area contributed by atoms with Crippen molar-refractivity contribution in [2.45, 2.75) is 25.4 Å². The van der Waals surface area contributed by atoms with Gasteiger partial charge in [-0.1, -0.05) is 6.92 Å². The Morgan fingerprint density at radius 3 is 2.06 bits per heavy atom. The standard InChI is InChI=1S/C8H10F5NO3/c1-4(5(15)16)2-3-14-6(17)7(9,10)8(11,12)13/h4H,2-3H2,1H3,(H,14,17)(H,15,16). The lowest BCUT2D eigenvalue weighted by Gasteiger charge is -2.18. The lowest BCUT2D eigenvalue weighted by molar-refractivity contribution is -0.269. The van der Waals surface area contributed by atoms with Gasteiger partial charge in [0.1, 0.15) is 0 Å². The second-order valence-electron chi connectivity index (χ2n) is 3.36. The van der Waals surface area contributed by atoms with Crippen LogP contribution in [0.2, 0.25) is 0 Å². The van der Waals surface area contributed by atoms with E-state index in [0.717, 1.165) is 0 Å². The fraction of sp³-hybridized carbons (Fsp3) is 0.750. The zero-order valence-corrected chi connectivity index (χ0v) is 8.65. The summed E-state index contributed by atoms with van der Waals surface area (Å²) < 4.78 is 59.8. The number of hydrogen-bond acceptors (Lipinski definition) is 2. The molecule has 0 fully saturated rings. The maximum absolute atomic E-state index is 12.4. The van der Waals surface area contributed by atoms with Gasteiger partial charge in [-0.15, -0.1) is 0 Å². The van der Waals surface area contributed by atoms with Crippen molar-refractivity contribution in [2.75, 3.05) is 6.54 Å². The monoisotopic (exact) mass is 263 g/mol. The number of carbonyl (C=O) groups is 2. The van der Waals surface area contributed by atoms with E-state index in [9.17, 15) is 31.5 Å². The van der Waals surface area contributed by atoms with Crippen LogP contribution >= 0.6 is 0 Å². The third-order valence-electron chi connectivity index (χ3n) is 1.93. The average Bonchev–Trinajstić information content (AvgIpc) is 2.15. The highest BCUT2D eigenvalue weighted by Crippen LogP contribution is 2.35. The van der Waals surface area contributed by atoms with Crippen molar-refractivity contribution < 1.29 is 36.6 Å². The molecular formula is C8H10F5NO3. The van der Waals surface area contributed by atoms with Crippen LogP contribution in [0.5, 0.6) is 0 Å². The van der Waals surface area contributed by atoms with Gasteiger partial charge in [-0.05, 0) is 6.42 Å². The van der Waals surface area contributed by atoms with E-state index in [2.05, 4.69) is 0 Å². The third kappa shape index (κ3) is 4.16. The number of aliphatic carboxylic acids is 1. The summed E-state index contributed by atoms with van der Waals surface area (Å²) in [6, 6.07) is 0. The Labute approximate surface area is 92.8 Å². The normalized spacial score (nSPS) is 14.2. The Kier molecular flexibility index (Phi) is 4.84. The van der Waals surface area contributed by atoms with Gasteiger partial charge in [0, 0.05) is 6.54 Å². The number of carboxylic acids is 1. The molecule has 0 radical (unpaired) electrons. The largest absolute Gasteiger partial charge is 0.481 e. The van der Waals surface area contributed by atoms with Crippen LogP contribution < -0.4 is 5.32 Å². The first-order valence-corrected chi connectivity index (χ1v) is 4.45. The number of carboxylic acid groups (broad SMARTS) is 1. The van der Waals surface area contributed by atoms with Gasteiger partial charge in [-0.25, -0.2) is 0 Å². The van der Waals surface area contributed by atoms with Gasteiger partial charge in [-0.3, -0.25) is 9.59 Å². The fourth-order valence-corrected chi connectivity index (χ4v) is 0.765. The lowest BCUT2D eigenvalue weighted by Crippen LogP contribution is -2.50. The van der Waals surface area contributed by atoms with Gasteiger partial charge < -0.3 is 10.4 Å². The summed E-state index contributed by atoms with van der Waals surface area (Å²) in [5.41, 5.74) is 0. The minimum atomic E-state index is -5.96. The molecule has 0 aliphatic rings. The molecule has 0 aromatic heterocycles. The summed E-state index contributed by atoms with van der Waals surface area (Å²) in [4.78, 5) is 20.8. The molecule has 0 rings (SSSR count). The summed E-state index contributed by atoms with van der Waals surface area (Å²) >= 11 is 0. The molecule has 0 saturated carbocycles. The van der Waals surface area contributed by atoms with Crippen molar-refractivity contribution in [2.24, 2.45) is 5.92 Å². The number of nitrogens with one attached hydrogen (secondary N) is 1. The summed E-state index contributed by atoms with van der Waals surface area (Å²) in [5.74, 6) is -10.1. The number of rotatable bonds is 5. The van der Waals surface area contributed by atoms with Gasteiger partial charge >= 0.3 is 18.1 Å². The van der Waals surface area contributed by atoms with E-state index < -0.39 is 36.4 Å². The maximum Gasteiger partial charge on any atom is 0.463 e. The molecule has 0 aromatic rings. The van der Waals surface area contributed by atoms with E-state index in [0.29, 0.717) is 0 Å². The second kappa shape index (κ2) is 5.28. The topological polar surface area (TPSA) is 66.4 Å². The Morgan fingerprint density at radius 1 is 1.24 bits per heavy atom. The SMILES string of the molecule is CC(CCNC(=O)C(F)(F)C(F)(F)F)C(=O)O. The Bertz CT molecular complexity index is 302. The first kappa shape index (κ1) is 15.6. The molecular weight excluding hydrogens is 253 g/mol. The van der Waals surface area contributed by atoms with E-state index in [1.807, 2.05) is 0 Å². The predicted molar refractivity (Wildman–Crippen MR) is 45.4 cm³/mol. The highest BCUT2D eigenvalue weighted by Gasteiger charge is 2.63. The zero-order valence-electron chi connectivity index (χ0n) is 8.65. The van der Waals surface area contributed by atoms with Gasteiger partial charge in [0.25, 0.3) is 5.91 Å². The second-order valence-corrected chi connectivity index (χ2v) is 3.36. The predicted octanol–water partition coefficient (Wildman–Crippen LogP) is 1.41. The lowest BCUT2D eigenvalue weighted by atomic mass is 10.1. The van der Waals surface area contributed by atoms with E-state index in [1.54, 1.807) is 0 Å². The Hall–Kier alpha value is -1.41. The minimum Gasteiger partial charge on any atom is -0.481 e. The van der Waals surface area contributed by atoms with E-state index in [1.165, 1.54) is 12.2 Å². The van der Waals surface area contributed by atoms with Crippen LogP contribution in [-0.4, -0.2) is 35.6 Å². The third-order valence-corrected chi connectivity index (χ3v) is 1.93. The molecule has 0 bridgehead atoms. The van der Waals surface area contributed by atoms with Crippen LogP contribution in [-0.2, 0) is 9.59 Å².